The van der Waals surface area contributed by atoms with Gasteiger partial charge in [0.25, 0.3) is 5.69 Å². The predicted molar refractivity (Wildman–Crippen MR) is 101 cm³/mol. The second-order valence-electron chi connectivity index (χ2n) is 5.65. The average Bonchev–Trinajstić information content (AvgIpc) is 3.09. The number of aromatic nitrogens is 4. The van der Waals surface area contributed by atoms with E-state index in [0.717, 1.165) is 5.56 Å². The van der Waals surface area contributed by atoms with Crippen molar-refractivity contribution < 1.29 is 9.72 Å². The smallest absolute Gasteiger partial charge is 0.274 e. The number of carbonyl (C=O) groups excluding carboxylic acids is 1. The van der Waals surface area contributed by atoms with E-state index >= 15 is 0 Å². The van der Waals surface area contributed by atoms with Gasteiger partial charge in [-0.3, -0.25) is 14.9 Å². The first-order valence-electron chi connectivity index (χ1n) is 8.01. The number of carbonyl (C=O) groups is 1. The molecular formula is C17H16N6O3S. The lowest BCUT2D eigenvalue weighted by atomic mass is 10.1. The Morgan fingerprint density at radius 3 is 2.74 bits per heavy atom. The summed E-state index contributed by atoms with van der Waals surface area (Å²) in [5.41, 5.74) is 1.84. The molecular weight excluding hydrogens is 368 g/mol. The van der Waals surface area contributed by atoms with Crippen molar-refractivity contribution in [3.05, 3.63) is 69.8 Å². The highest BCUT2D eigenvalue weighted by Gasteiger charge is 2.16. The fourth-order valence-electron chi connectivity index (χ4n) is 2.43. The van der Waals surface area contributed by atoms with E-state index in [9.17, 15) is 14.9 Å². The Morgan fingerprint density at radius 2 is 2.00 bits per heavy atom. The molecule has 1 amide bonds. The molecule has 0 unspecified atom stereocenters. The standard InChI is InChI=1S/C17H16N6O3S/c1-12-14(8-5-9-15(12)23(25)26)18-16(24)11-27-17-19-20-21-22(17)10-13-6-3-2-4-7-13/h2-9H,10-11H2,1H3,(H,18,24). The Balaban J connectivity index is 1.62. The number of tetrazole rings is 1. The zero-order chi connectivity index (χ0) is 19.2. The van der Waals surface area contributed by atoms with Crippen LogP contribution in [0.25, 0.3) is 0 Å². The maximum absolute atomic E-state index is 12.2. The molecule has 0 saturated heterocycles. The molecule has 1 heterocycles. The molecule has 10 heteroatoms. The number of benzene rings is 2. The van der Waals surface area contributed by atoms with E-state index in [2.05, 4.69) is 20.8 Å². The number of nitro groups is 1. The highest BCUT2D eigenvalue weighted by Crippen LogP contribution is 2.25. The molecule has 0 aliphatic carbocycles. The van der Waals surface area contributed by atoms with Crippen molar-refractivity contribution in [1.82, 2.24) is 20.2 Å². The zero-order valence-corrected chi connectivity index (χ0v) is 15.2. The molecule has 0 fully saturated rings. The van der Waals surface area contributed by atoms with Gasteiger partial charge in [0.2, 0.25) is 11.1 Å². The van der Waals surface area contributed by atoms with Crippen LogP contribution in [0.2, 0.25) is 0 Å². The van der Waals surface area contributed by atoms with Gasteiger partial charge >= 0.3 is 0 Å². The Hall–Kier alpha value is -3.27. The molecule has 27 heavy (non-hydrogen) atoms. The number of hydrogen-bond acceptors (Lipinski definition) is 7. The van der Waals surface area contributed by atoms with Crippen LogP contribution in [0.4, 0.5) is 11.4 Å². The van der Waals surface area contributed by atoms with Crippen LogP contribution in [0.5, 0.6) is 0 Å². The number of thioether (sulfide) groups is 1. The van der Waals surface area contributed by atoms with Crippen LogP contribution < -0.4 is 5.32 Å². The number of hydrogen-bond donors (Lipinski definition) is 1. The van der Waals surface area contributed by atoms with E-state index in [4.69, 9.17) is 0 Å². The summed E-state index contributed by atoms with van der Waals surface area (Å²) in [6, 6.07) is 14.3. The maximum atomic E-state index is 12.2. The monoisotopic (exact) mass is 384 g/mol. The quantitative estimate of drug-likeness (QED) is 0.378. The number of nitrogens with one attached hydrogen (secondary N) is 1. The molecule has 0 aliphatic heterocycles. The van der Waals surface area contributed by atoms with Crippen LogP contribution in [-0.4, -0.2) is 36.8 Å². The summed E-state index contributed by atoms with van der Waals surface area (Å²) in [4.78, 5) is 22.7. The normalized spacial score (nSPS) is 10.6. The van der Waals surface area contributed by atoms with Crippen LogP contribution in [-0.2, 0) is 11.3 Å². The SMILES string of the molecule is Cc1c(NC(=O)CSc2nnnn2Cc2ccccc2)cccc1[N+](=O)[O-]. The van der Waals surface area contributed by atoms with Crippen LogP contribution in [0.15, 0.2) is 53.7 Å². The molecule has 0 spiro atoms. The predicted octanol–water partition coefficient (Wildman–Crippen LogP) is 2.67. The topological polar surface area (TPSA) is 116 Å². The maximum Gasteiger partial charge on any atom is 0.274 e. The van der Waals surface area contributed by atoms with Gasteiger partial charge in [0.05, 0.1) is 28.5 Å². The molecule has 0 radical (unpaired) electrons. The number of rotatable bonds is 7. The molecule has 3 rings (SSSR count). The Labute approximate surface area is 158 Å². The lowest BCUT2D eigenvalue weighted by Gasteiger charge is -2.08. The summed E-state index contributed by atoms with van der Waals surface area (Å²) < 4.78 is 1.62. The molecule has 0 bridgehead atoms. The summed E-state index contributed by atoms with van der Waals surface area (Å²) in [5.74, 6) is -0.213. The second kappa shape index (κ2) is 8.41. The van der Waals surface area contributed by atoms with Gasteiger partial charge in [0.15, 0.2) is 0 Å². The third-order valence-electron chi connectivity index (χ3n) is 3.78. The zero-order valence-electron chi connectivity index (χ0n) is 14.4. The molecule has 9 nitrogen and oxygen atoms in total. The van der Waals surface area contributed by atoms with Crippen molar-refractivity contribution >= 4 is 29.0 Å². The number of nitro benzene ring substituents is 1. The molecule has 2 aromatic carbocycles. The fraction of sp³-hybridized carbons (Fsp3) is 0.176. The molecule has 3 aromatic rings. The van der Waals surface area contributed by atoms with Crippen molar-refractivity contribution in [3.8, 4) is 0 Å². The van der Waals surface area contributed by atoms with Gasteiger partial charge in [0, 0.05) is 6.07 Å². The molecule has 0 aliphatic rings. The first kappa shape index (κ1) is 18.5. The van der Waals surface area contributed by atoms with Crippen LogP contribution in [0.3, 0.4) is 0 Å². The summed E-state index contributed by atoms with van der Waals surface area (Å²) in [6.45, 7) is 2.10. The van der Waals surface area contributed by atoms with E-state index < -0.39 is 4.92 Å². The number of anilines is 1. The fourth-order valence-corrected chi connectivity index (χ4v) is 3.11. The van der Waals surface area contributed by atoms with Crippen LogP contribution in [0, 0.1) is 17.0 Å². The highest BCUT2D eigenvalue weighted by atomic mass is 32.2. The van der Waals surface area contributed by atoms with Gasteiger partial charge in [-0.15, -0.1) is 5.10 Å². The van der Waals surface area contributed by atoms with E-state index in [1.807, 2.05) is 30.3 Å². The lowest BCUT2D eigenvalue weighted by Crippen LogP contribution is -2.16. The van der Waals surface area contributed by atoms with Gasteiger partial charge in [-0.2, -0.15) is 0 Å². The number of amides is 1. The van der Waals surface area contributed by atoms with Crippen molar-refractivity contribution in [2.24, 2.45) is 0 Å². The van der Waals surface area contributed by atoms with Gasteiger partial charge in [-0.05, 0) is 29.0 Å². The van der Waals surface area contributed by atoms with E-state index in [1.54, 1.807) is 17.7 Å². The van der Waals surface area contributed by atoms with E-state index in [-0.39, 0.29) is 17.3 Å². The average molecular weight is 384 g/mol. The van der Waals surface area contributed by atoms with Gasteiger partial charge in [-0.1, -0.05) is 48.2 Å². The van der Waals surface area contributed by atoms with Crippen molar-refractivity contribution in [2.75, 3.05) is 11.1 Å². The van der Waals surface area contributed by atoms with Crippen molar-refractivity contribution in [3.63, 3.8) is 0 Å². The molecule has 138 valence electrons. The number of nitrogens with zero attached hydrogens (tertiary/aromatic N) is 5. The van der Waals surface area contributed by atoms with Gasteiger partial charge < -0.3 is 5.32 Å². The van der Waals surface area contributed by atoms with Crippen LogP contribution >= 0.6 is 11.8 Å². The first-order chi connectivity index (χ1) is 13.0. The second-order valence-corrected chi connectivity index (χ2v) is 6.59. The summed E-state index contributed by atoms with van der Waals surface area (Å²) in [7, 11) is 0. The molecule has 0 atom stereocenters. The third-order valence-corrected chi connectivity index (χ3v) is 4.74. The largest absolute Gasteiger partial charge is 0.325 e. The van der Waals surface area contributed by atoms with Gasteiger partial charge in [-0.25, -0.2) is 4.68 Å². The van der Waals surface area contributed by atoms with E-state index in [1.165, 1.54) is 23.9 Å². The highest BCUT2D eigenvalue weighted by molar-refractivity contribution is 7.99. The molecule has 1 aromatic heterocycles. The summed E-state index contributed by atoms with van der Waals surface area (Å²) in [6.07, 6.45) is 0. The Bertz CT molecular complexity index is 960. The molecule has 0 saturated carbocycles. The third kappa shape index (κ3) is 4.67. The van der Waals surface area contributed by atoms with Crippen molar-refractivity contribution in [1.29, 1.82) is 0 Å². The summed E-state index contributed by atoms with van der Waals surface area (Å²) >= 11 is 1.20. The summed E-state index contributed by atoms with van der Waals surface area (Å²) in [5, 5.41) is 25.8. The minimum Gasteiger partial charge on any atom is -0.325 e. The minimum atomic E-state index is -0.475. The first-order valence-corrected chi connectivity index (χ1v) is 9.00. The van der Waals surface area contributed by atoms with Crippen LogP contribution in [0.1, 0.15) is 11.1 Å². The Kier molecular flexibility index (Phi) is 5.77. The van der Waals surface area contributed by atoms with Gasteiger partial charge in [0.1, 0.15) is 0 Å². The minimum absolute atomic E-state index is 0.0349. The van der Waals surface area contributed by atoms with E-state index in [0.29, 0.717) is 23.0 Å². The Morgan fingerprint density at radius 1 is 1.22 bits per heavy atom. The lowest BCUT2D eigenvalue weighted by molar-refractivity contribution is -0.385. The molecule has 1 N–H and O–H groups in total. The van der Waals surface area contributed by atoms with Crippen molar-refractivity contribution in [2.45, 2.75) is 18.6 Å².